The highest BCUT2D eigenvalue weighted by molar-refractivity contribution is 8.14. The van der Waals surface area contributed by atoms with Gasteiger partial charge in [0.1, 0.15) is 17.7 Å². The first-order valence-electron chi connectivity index (χ1n) is 10.8. The maximum Gasteiger partial charge on any atom is 0.267 e. The minimum Gasteiger partial charge on any atom is -0.379 e. The molecule has 1 aromatic carbocycles. The van der Waals surface area contributed by atoms with Crippen LogP contribution in [0.3, 0.4) is 0 Å². The van der Waals surface area contributed by atoms with Gasteiger partial charge in [-0.2, -0.15) is 5.26 Å². The first-order valence-corrected chi connectivity index (χ1v) is 11.7. The van der Waals surface area contributed by atoms with E-state index in [9.17, 15) is 22.4 Å². The molecular formula is C24H21F4N5OS. The highest BCUT2D eigenvalue weighted by Gasteiger charge is 2.48. The first-order chi connectivity index (χ1) is 16.7. The Morgan fingerprint density at radius 3 is 2.71 bits per heavy atom. The van der Waals surface area contributed by atoms with Crippen LogP contribution in [0, 0.1) is 23.1 Å². The third-order valence-electron chi connectivity index (χ3n) is 5.84. The van der Waals surface area contributed by atoms with Crippen molar-refractivity contribution in [2.45, 2.75) is 30.1 Å². The monoisotopic (exact) mass is 503 g/mol. The molecule has 35 heavy (non-hydrogen) atoms. The number of halogens is 4. The van der Waals surface area contributed by atoms with Gasteiger partial charge in [-0.3, -0.25) is 14.8 Å². The molecule has 11 heteroatoms. The standard InChI is InChI=1S/C19H14F2N4S.C5H7F2NO/c20-14-3-1-10(6-15(21)16-4-2-11(8-22)9-24-16)5-12(14)18-13-7-17(13)26-19(23)25-18;6-5(7)1-2-8(3-5)4-9/h1-6,9,13,17-18H,7H2,(H2,23,25);4H,1-3H2/b15-6-;. The van der Waals surface area contributed by atoms with E-state index in [1.54, 1.807) is 6.07 Å². The summed E-state index contributed by atoms with van der Waals surface area (Å²) in [4.78, 5) is 19.3. The zero-order valence-electron chi connectivity index (χ0n) is 18.4. The SMILES string of the molecule is N#Cc1ccc(/C(F)=C/c2ccc(F)c(C3N=C(N)SC4CC43)c2)nc1.O=CN1CCC(F)(F)C1. The third-order valence-corrected chi connectivity index (χ3v) is 7.03. The van der Waals surface area contributed by atoms with Crippen molar-refractivity contribution in [3.8, 4) is 6.07 Å². The Kier molecular flexibility index (Phi) is 7.12. The Morgan fingerprint density at radius 2 is 2.11 bits per heavy atom. The molecule has 1 amide bonds. The number of carbonyl (C=O) groups is 1. The molecule has 1 aromatic heterocycles. The van der Waals surface area contributed by atoms with E-state index in [0.29, 0.717) is 33.5 Å². The average molecular weight is 504 g/mol. The fourth-order valence-electron chi connectivity index (χ4n) is 3.93. The second kappa shape index (κ2) is 10.1. The molecule has 2 fully saturated rings. The summed E-state index contributed by atoms with van der Waals surface area (Å²) in [6.07, 6.45) is 3.84. The van der Waals surface area contributed by atoms with Crippen LogP contribution < -0.4 is 5.73 Å². The molecule has 182 valence electrons. The molecule has 1 saturated carbocycles. The zero-order valence-corrected chi connectivity index (χ0v) is 19.2. The molecule has 2 aromatic rings. The van der Waals surface area contributed by atoms with Crippen molar-refractivity contribution in [3.05, 3.63) is 64.7 Å². The number of hydrogen-bond acceptors (Lipinski definition) is 6. The zero-order chi connectivity index (χ0) is 25.2. The van der Waals surface area contributed by atoms with Crippen molar-refractivity contribution in [1.82, 2.24) is 9.88 Å². The van der Waals surface area contributed by atoms with Crippen LogP contribution in [0.2, 0.25) is 0 Å². The molecule has 2 aliphatic heterocycles. The quantitative estimate of drug-likeness (QED) is 0.489. The molecule has 0 radical (unpaired) electrons. The van der Waals surface area contributed by atoms with Crippen LogP contribution in [0.4, 0.5) is 17.6 Å². The number of nitriles is 1. The number of aromatic nitrogens is 1. The van der Waals surface area contributed by atoms with Gasteiger partial charge in [-0.25, -0.2) is 17.6 Å². The Morgan fingerprint density at radius 1 is 1.31 bits per heavy atom. The van der Waals surface area contributed by atoms with Crippen molar-refractivity contribution in [1.29, 1.82) is 5.26 Å². The smallest absolute Gasteiger partial charge is 0.267 e. The van der Waals surface area contributed by atoms with Crippen LogP contribution in [-0.2, 0) is 4.79 Å². The Hall–Kier alpha value is -3.39. The molecule has 3 aliphatic rings. The summed E-state index contributed by atoms with van der Waals surface area (Å²) in [7, 11) is 0. The number of fused-ring (bicyclic) bond motifs is 1. The van der Waals surface area contributed by atoms with Crippen molar-refractivity contribution >= 4 is 35.2 Å². The summed E-state index contributed by atoms with van der Waals surface area (Å²) in [5.74, 6) is -3.27. The van der Waals surface area contributed by atoms with E-state index in [0.717, 1.165) is 11.3 Å². The van der Waals surface area contributed by atoms with Gasteiger partial charge in [-0.05, 0) is 48.2 Å². The molecule has 5 rings (SSSR count). The lowest BCUT2D eigenvalue weighted by atomic mass is 9.99. The number of aliphatic imine (C=N–C) groups is 1. The van der Waals surface area contributed by atoms with Crippen LogP contribution >= 0.6 is 11.8 Å². The highest BCUT2D eigenvalue weighted by Crippen LogP contribution is 2.54. The lowest BCUT2D eigenvalue weighted by Gasteiger charge is -2.19. The number of amides is 1. The lowest BCUT2D eigenvalue weighted by molar-refractivity contribution is -0.118. The predicted octanol–water partition coefficient (Wildman–Crippen LogP) is 4.53. The number of likely N-dealkylation sites (tertiary alicyclic amines) is 1. The number of amidine groups is 1. The van der Waals surface area contributed by atoms with Crippen molar-refractivity contribution < 1.29 is 22.4 Å². The van der Waals surface area contributed by atoms with Gasteiger partial charge in [0.2, 0.25) is 6.41 Å². The van der Waals surface area contributed by atoms with Gasteiger partial charge in [0.25, 0.3) is 5.92 Å². The molecule has 3 heterocycles. The number of benzene rings is 1. The minimum atomic E-state index is -2.64. The summed E-state index contributed by atoms with van der Waals surface area (Å²) in [6.45, 7) is -0.215. The second-order valence-electron chi connectivity index (χ2n) is 8.47. The van der Waals surface area contributed by atoms with E-state index < -0.39 is 18.3 Å². The summed E-state index contributed by atoms with van der Waals surface area (Å²) < 4.78 is 53.2. The third kappa shape index (κ3) is 6.00. The lowest BCUT2D eigenvalue weighted by Crippen LogP contribution is -2.23. The fourth-order valence-corrected chi connectivity index (χ4v) is 5.06. The van der Waals surface area contributed by atoms with E-state index in [4.69, 9.17) is 11.0 Å². The van der Waals surface area contributed by atoms with Gasteiger partial charge < -0.3 is 10.6 Å². The number of thioether (sulfide) groups is 1. The number of pyridine rings is 1. The van der Waals surface area contributed by atoms with E-state index in [2.05, 4.69) is 9.98 Å². The van der Waals surface area contributed by atoms with E-state index >= 15 is 0 Å². The number of nitrogens with two attached hydrogens (primary N) is 1. The van der Waals surface area contributed by atoms with Crippen LogP contribution in [-0.4, -0.2) is 45.7 Å². The summed E-state index contributed by atoms with van der Waals surface area (Å²) in [6, 6.07) is 9.01. The molecule has 3 atom stereocenters. The van der Waals surface area contributed by atoms with Crippen molar-refractivity contribution in [2.24, 2.45) is 16.6 Å². The van der Waals surface area contributed by atoms with Crippen LogP contribution in [0.15, 0.2) is 41.5 Å². The predicted molar refractivity (Wildman–Crippen MR) is 125 cm³/mol. The summed E-state index contributed by atoms with van der Waals surface area (Å²) in [5, 5.41) is 9.64. The largest absolute Gasteiger partial charge is 0.379 e. The van der Waals surface area contributed by atoms with E-state index in [1.165, 1.54) is 48.3 Å². The number of hydrogen-bond donors (Lipinski definition) is 1. The number of alkyl halides is 2. The molecular weight excluding hydrogens is 482 g/mol. The van der Waals surface area contributed by atoms with E-state index in [1.807, 2.05) is 6.07 Å². The topological polar surface area (TPSA) is 95.4 Å². The number of nitrogens with zero attached hydrogens (tertiary/aromatic N) is 4. The van der Waals surface area contributed by atoms with Gasteiger partial charge in [0.15, 0.2) is 5.17 Å². The van der Waals surface area contributed by atoms with Gasteiger partial charge in [-0.15, -0.1) is 0 Å². The van der Waals surface area contributed by atoms with E-state index in [-0.39, 0.29) is 36.4 Å². The maximum atomic E-state index is 14.4. The molecule has 6 nitrogen and oxygen atoms in total. The number of rotatable bonds is 4. The summed E-state index contributed by atoms with van der Waals surface area (Å²) >= 11 is 1.54. The Balaban J connectivity index is 0.000000271. The van der Waals surface area contributed by atoms with Gasteiger partial charge in [0, 0.05) is 30.0 Å². The first kappa shape index (κ1) is 24.7. The molecule has 0 spiro atoms. The van der Waals surface area contributed by atoms with Crippen LogP contribution in [0.5, 0.6) is 0 Å². The molecule has 0 bridgehead atoms. The average Bonchev–Trinajstić information content (AvgIpc) is 3.53. The maximum absolute atomic E-state index is 14.4. The Bertz CT molecular complexity index is 1210. The molecule has 1 saturated heterocycles. The normalized spacial score (nSPS) is 24.4. The van der Waals surface area contributed by atoms with Gasteiger partial charge >= 0.3 is 0 Å². The van der Waals surface area contributed by atoms with Crippen molar-refractivity contribution in [2.75, 3.05) is 13.1 Å². The molecule has 2 N–H and O–H groups in total. The van der Waals surface area contributed by atoms with Gasteiger partial charge in [0.05, 0.1) is 23.8 Å². The van der Waals surface area contributed by atoms with Gasteiger partial charge in [-0.1, -0.05) is 17.8 Å². The summed E-state index contributed by atoms with van der Waals surface area (Å²) in [5.41, 5.74) is 7.27. The highest BCUT2D eigenvalue weighted by atomic mass is 32.2. The van der Waals surface area contributed by atoms with Crippen LogP contribution in [0.1, 0.15) is 41.3 Å². The molecule has 3 unspecified atom stereocenters. The van der Waals surface area contributed by atoms with Crippen molar-refractivity contribution in [3.63, 3.8) is 0 Å². The number of carbonyl (C=O) groups excluding carboxylic acids is 1. The Labute approximate surface area is 203 Å². The molecule has 1 aliphatic carbocycles. The minimum absolute atomic E-state index is 0.119. The fraction of sp³-hybridized carbons (Fsp3) is 0.333. The second-order valence-corrected chi connectivity index (χ2v) is 9.73. The van der Waals surface area contributed by atoms with Crippen LogP contribution in [0.25, 0.3) is 11.9 Å².